The van der Waals surface area contributed by atoms with Gasteiger partial charge in [-0.25, -0.2) is 9.78 Å². The lowest BCUT2D eigenvalue weighted by Crippen LogP contribution is -2.33. The predicted molar refractivity (Wildman–Crippen MR) is 62.0 cm³/mol. The van der Waals surface area contributed by atoms with Crippen LogP contribution in [0.5, 0.6) is 0 Å². The molecule has 0 spiro atoms. The lowest BCUT2D eigenvalue weighted by Gasteiger charge is -2.27. The van der Waals surface area contributed by atoms with E-state index in [1.165, 1.54) is 6.26 Å². The standard InChI is InChI=1S/C12H13N3O3/c16-12(17)11-9(1-6-18-11)7-14-4-5-15-3-2-13-10(15)8-14/h1-3,6H,4-5,7-8H2,(H,16,17). The Bertz CT molecular complexity index is 573. The number of imidazole rings is 1. The van der Waals surface area contributed by atoms with E-state index in [-0.39, 0.29) is 5.76 Å². The van der Waals surface area contributed by atoms with E-state index in [0.29, 0.717) is 12.1 Å². The molecule has 0 saturated heterocycles. The SMILES string of the molecule is O=C(O)c1occc1CN1CCn2ccnc2C1. The average molecular weight is 247 g/mol. The smallest absolute Gasteiger partial charge is 0.372 e. The molecule has 0 amide bonds. The van der Waals surface area contributed by atoms with Crippen LogP contribution in [0.3, 0.4) is 0 Å². The fraction of sp³-hybridized carbons (Fsp3) is 0.333. The number of furan rings is 1. The third kappa shape index (κ3) is 1.91. The average Bonchev–Trinajstić information content (AvgIpc) is 2.96. The number of carbonyl (C=O) groups is 1. The first-order valence-electron chi connectivity index (χ1n) is 5.76. The molecule has 0 aliphatic carbocycles. The molecule has 0 atom stereocenters. The third-order valence-electron chi connectivity index (χ3n) is 3.16. The van der Waals surface area contributed by atoms with Crippen molar-refractivity contribution in [2.75, 3.05) is 6.54 Å². The summed E-state index contributed by atoms with van der Waals surface area (Å²) in [5, 5.41) is 8.98. The van der Waals surface area contributed by atoms with Crippen LogP contribution in [0, 0.1) is 0 Å². The molecule has 94 valence electrons. The molecule has 6 nitrogen and oxygen atoms in total. The van der Waals surface area contributed by atoms with Crippen molar-refractivity contribution in [1.82, 2.24) is 14.5 Å². The highest BCUT2D eigenvalue weighted by Crippen LogP contribution is 2.17. The van der Waals surface area contributed by atoms with Gasteiger partial charge >= 0.3 is 5.97 Å². The molecule has 0 fully saturated rings. The molecule has 1 aliphatic heterocycles. The van der Waals surface area contributed by atoms with Gasteiger partial charge in [-0.05, 0) is 6.07 Å². The van der Waals surface area contributed by atoms with Crippen LogP contribution >= 0.6 is 0 Å². The van der Waals surface area contributed by atoms with Gasteiger partial charge in [-0.2, -0.15) is 0 Å². The van der Waals surface area contributed by atoms with Crippen molar-refractivity contribution in [2.24, 2.45) is 0 Å². The summed E-state index contributed by atoms with van der Waals surface area (Å²) in [6.07, 6.45) is 5.18. The monoisotopic (exact) mass is 247 g/mol. The maximum Gasteiger partial charge on any atom is 0.372 e. The van der Waals surface area contributed by atoms with Gasteiger partial charge in [-0.15, -0.1) is 0 Å². The van der Waals surface area contributed by atoms with Gasteiger partial charge in [0.2, 0.25) is 5.76 Å². The first kappa shape index (κ1) is 11.0. The largest absolute Gasteiger partial charge is 0.475 e. The number of carboxylic acids is 1. The summed E-state index contributed by atoms with van der Waals surface area (Å²) in [7, 11) is 0. The lowest BCUT2D eigenvalue weighted by molar-refractivity contribution is 0.0658. The molecule has 2 aromatic heterocycles. The zero-order chi connectivity index (χ0) is 12.5. The number of hydrogen-bond acceptors (Lipinski definition) is 4. The number of hydrogen-bond donors (Lipinski definition) is 1. The molecule has 1 N–H and O–H groups in total. The summed E-state index contributed by atoms with van der Waals surface area (Å²) >= 11 is 0. The van der Waals surface area contributed by atoms with Crippen molar-refractivity contribution < 1.29 is 14.3 Å². The summed E-state index contributed by atoms with van der Waals surface area (Å²) in [6, 6.07) is 1.71. The molecule has 2 aromatic rings. The van der Waals surface area contributed by atoms with E-state index in [9.17, 15) is 4.79 Å². The topological polar surface area (TPSA) is 71.5 Å². The molecule has 6 heteroatoms. The quantitative estimate of drug-likeness (QED) is 0.882. The van der Waals surface area contributed by atoms with Crippen molar-refractivity contribution in [3.05, 3.63) is 41.9 Å². The van der Waals surface area contributed by atoms with Crippen LogP contribution in [0.2, 0.25) is 0 Å². The van der Waals surface area contributed by atoms with Crippen LogP contribution in [0.4, 0.5) is 0 Å². The molecule has 3 heterocycles. The summed E-state index contributed by atoms with van der Waals surface area (Å²) in [5.41, 5.74) is 0.711. The van der Waals surface area contributed by atoms with Crippen molar-refractivity contribution in [2.45, 2.75) is 19.6 Å². The van der Waals surface area contributed by atoms with Gasteiger partial charge < -0.3 is 14.1 Å². The Morgan fingerprint density at radius 2 is 2.39 bits per heavy atom. The lowest BCUT2D eigenvalue weighted by atomic mass is 10.2. The van der Waals surface area contributed by atoms with E-state index in [2.05, 4.69) is 14.5 Å². The van der Waals surface area contributed by atoms with Crippen molar-refractivity contribution >= 4 is 5.97 Å². The van der Waals surface area contributed by atoms with Gasteiger partial charge in [0.25, 0.3) is 0 Å². The molecule has 18 heavy (non-hydrogen) atoms. The van der Waals surface area contributed by atoms with Gasteiger partial charge in [0.1, 0.15) is 5.82 Å². The van der Waals surface area contributed by atoms with Gasteiger partial charge in [-0.1, -0.05) is 0 Å². The molecule has 1 aliphatic rings. The van der Waals surface area contributed by atoms with Gasteiger partial charge in [0.15, 0.2) is 0 Å². The molecular formula is C12H13N3O3. The first-order chi connectivity index (χ1) is 8.74. The minimum absolute atomic E-state index is 0.0314. The molecule has 0 aromatic carbocycles. The second-order valence-electron chi connectivity index (χ2n) is 4.33. The molecule has 3 rings (SSSR count). The highest BCUT2D eigenvalue weighted by Gasteiger charge is 2.20. The third-order valence-corrected chi connectivity index (χ3v) is 3.16. The van der Waals surface area contributed by atoms with Crippen LogP contribution in [-0.2, 0) is 19.6 Å². The number of aromatic nitrogens is 2. The minimum Gasteiger partial charge on any atom is -0.475 e. The van der Waals surface area contributed by atoms with E-state index in [1.807, 2.05) is 6.20 Å². The molecule has 0 saturated carbocycles. The van der Waals surface area contributed by atoms with E-state index in [0.717, 1.165) is 25.5 Å². The molecule has 0 unspecified atom stereocenters. The molecule has 0 radical (unpaired) electrons. The van der Waals surface area contributed by atoms with E-state index in [4.69, 9.17) is 9.52 Å². The van der Waals surface area contributed by atoms with Crippen molar-refractivity contribution in [1.29, 1.82) is 0 Å². The second-order valence-corrected chi connectivity index (χ2v) is 4.33. The fourth-order valence-electron chi connectivity index (χ4n) is 2.25. The van der Waals surface area contributed by atoms with E-state index >= 15 is 0 Å². The van der Waals surface area contributed by atoms with E-state index in [1.54, 1.807) is 12.3 Å². The Hall–Kier alpha value is -2.08. The summed E-state index contributed by atoms with van der Waals surface area (Å²) < 4.78 is 7.09. The van der Waals surface area contributed by atoms with Crippen molar-refractivity contribution in [3.63, 3.8) is 0 Å². The predicted octanol–water partition coefficient (Wildman–Crippen LogP) is 1.19. The Morgan fingerprint density at radius 1 is 1.50 bits per heavy atom. The molecular weight excluding hydrogens is 234 g/mol. The summed E-state index contributed by atoms with van der Waals surface area (Å²) in [6.45, 7) is 3.07. The summed E-state index contributed by atoms with van der Waals surface area (Å²) in [5.74, 6) is 0.0269. The number of aromatic carboxylic acids is 1. The Kier molecular flexibility index (Phi) is 2.64. The zero-order valence-corrected chi connectivity index (χ0v) is 9.74. The number of nitrogens with zero attached hydrogens (tertiary/aromatic N) is 3. The van der Waals surface area contributed by atoms with Gasteiger partial charge in [-0.3, -0.25) is 4.90 Å². The summed E-state index contributed by atoms with van der Waals surface area (Å²) in [4.78, 5) is 17.4. The Morgan fingerprint density at radius 3 is 3.22 bits per heavy atom. The highest BCUT2D eigenvalue weighted by molar-refractivity contribution is 5.86. The highest BCUT2D eigenvalue weighted by atomic mass is 16.4. The van der Waals surface area contributed by atoms with Crippen LogP contribution in [0.1, 0.15) is 21.9 Å². The number of rotatable bonds is 3. The van der Waals surface area contributed by atoms with Gasteiger partial charge in [0, 0.05) is 37.6 Å². The normalized spacial score (nSPS) is 15.6. The maximum atomic E-state index is 11.0. The van der Waals surface area contributed by atoms with Gasteiger partial charge in [0.05, 0.1) is 12.8 Å². The van der Waals surface area contributed by atoms with Crippen LogP contribution in [0.15, 0.2) is 29.1 Å². The zero-order valence-electron chi connectivity index (χ0n) is 9.74. The van der Waals surface area contributed by atoms with E-state index < -0.39 is 5.97 Å². The van der Waals surface area contributed by atoms with Crippen LogP contribution in [-0.4, -0.2) is 32.1 Å². The van der Waals surface area contributed by atoms with Crippen LogP contribution < -0.4 is 0 Å². The Balaban J connectivity index is 1.75. The number of fused-ring (bicyclic) bond motifs is 1. The maximum absolute atomic E-state index is 11.0. The second kappa shape index (κ2) is 4.30. The Labute approximate surface area is 103 Å². The minimum atomic E-state index is -1.02. The first-order valence-corrected chi connectivity index (χ1v) is 5.76. The van der Waals surface area contributed by atoms with Crippen molar-refractivity contribution in [3.8, 4) is 0 Å². The number of carboxylic acid groups (broad SMARTS) is 1. The molecule has 0 bridgehead atoms. The van der Waals surface area contributed by atoms with Crippen LogP contribution in [0.25, 0.3) is 0 Å². The fourth-order valence-corrected chi connectivity index (χ4v) is 2.25.